The third kappa shape index (κ3) is 3.45. The first-order valence-electron chi connectivity index (χ1n) is 6.44. The van der Waals surface area contributed by atoms with Crippen LogP contribution >= 0.6 is 11.6 Å². The summed E-state index contributed by atoms with van der Waals surface area (Å²) >= 11 is 5.93. The number of rotatable bonds is 5. The van der Waals surface area contributed by atoms with Crippen LogP contribution in [0.15, 0.2) is 16.5 Å². The van der Waals surface area contributed by atoms with E-state index in [1.807, 2.05) is 0 Å². The molecule has 104 valence electrons. The van der Waals surface area contributed by atoms with E-state index in [-0.39, 0.29) is 5.02 Å². The molecular formula is C14H18ClFN2O. The zero-order chi connectivity index (χ0) is 14.0. The van der Waals surface area contributed by atoms with Gasteiger partial charge in [0.25, 0.3) is 0 Å². The third-order valence-electron chi connectivity index (χ3n) is 3.06. The van der Waals surface area contributed by atoms with Gasteiger partial charge in [0.2, 0.25) is 0 Å². The first-order chi connectivity index (χ1) is 8.99. The Morgan fingerprint density at radius 3 is 2.79 bits per heavy atom. The van der Waals surface area contributed by atoms with Gasteiger partial charge in [-0.25, -0.2) is 9.37 Å². The van der Waals surface area contributed by atoms with E-state index in [9.17, 15) is 4.39 Å². The average molecular weight is 285 g/mol. The molecule has 0 amide bonds. The minimum atomic E-state index is -0.407. The number of hydrogen-bond acceptors (Lipinski definition) is 3. The zero-order valence-corrected chi connectivity index (χ0v) is 11.9. The minimum Gasteiger partial charge on any atom is -0.439 e. The highest BCUT2D eigenvalue weighted by atomic mass is 35.5. The second kappa shape index (κ2) is 5.88. The van der Waals surface area contributed by atoms with Crippen LogP contribution in [0.3, 0.4) is 0 Å². The molecule has 19 heavy (non-hydrogen) atoms. The van der Waals surface area contributed by atoms with E-state index < -0.39 is 5.82 Å². The zero-order valence-electron chi connectivity index (χ0n) is 11.1. The highest BCUT2D eigenvalue weighted by Gasteiger charge is 2.16. The van der Waals surface area contributed by atoms with E-state index in [2.05, 4.69) is 18.8 Å². The molecule has 2 aromatic rings. The lowest BCUT2D eigenvalue weighted by atomic mass is 9.94. The Morgan fingerprint density at radius 2 is 2.16 bits per heavy atom. The molecule has 2 N–H and O–H groups in total. The van der Waals surface area contributed by atoms with Gasteiger partial charge in [0.05, 0.1) is 5.02 Å². The Hall–Kier alpha value is -1.13. The van der Waals surface area contributed by atoms with Crippen LogP contribution < -0.4 is 5.73 Å². The first kappa shape index (κ1) is 14.3. The molecule has 0 saturated heterocycles. The van der Waals surface area contributed by atoms with Gasteiger partial charge in [0.15, 0.2) is 11.5 Å². The Morgan fingerprint density at radius 1 is 1.42 bits per heavy atom. The van der Waals surface area contributed by atoms with Gasteiger partial charge >= 0.3 is 0 Å². The number of halogens is 2. The summed E-state index contributed by atoms with van der Waals surface area (Å²) in [5.41, 5.74) is 6.66. The van der Waals surface area contributed by atoms with Crippen molar-refractivity contribution < 1.29 is 8.81 Å². The van der Waals surface area contributed by atoms with Crippen LogP contribution in [0.1, 0.15) is 26.2 Å². The molecule has 0 aliphatic carbocycles. The molecule has 0 fully saturated rings. The van der Waals surface area contributed by atoms with Crippen molar-refractivity contribution in [2.45, 2.75) is 26.7 Å². The van der Waals surface area contributed by atoms with Crippen LogP contribution in [-0.4, -0.2) is 11.5 Å². The molecule has 5 heteroatoms. The lowest BCUT2D eigenvalue weighted by Gasteiger charge is -2.14. The molecule has 3 nitrogen and oxygen atoms in total. The van der Waals surface area contributed by atoms with Crippen molar-refractivity contribution in [3.05, 3.63) is 28.9 Å². The second-order valence-electron chi connectivity index (χ2n) is 5.28. The number of aromatic nitrogens is 1. The molecule has 0 aliphatic rings. The van der Waals surface area contributed by atoms with Crippen LogP contribution in [0.2, 0.25) is 5.02 Å². The summed E-state index contributed by atoms with van der Waals surface area (Å²) in [6.45, 7) is 4.89. The molecule has 1 aromatic carbocycles. The number of hydrogen-bond donors (Lipinski definition) is 1. The lowest BCUT2D eigenvalue weighted by molar-refractivity contribution is 0.380. The highest BCUT2D eigenvalue weighted by Crippen LogP contribution is 2.27. The van der Waals surface area contributed by atoms with Crippen molar-refractivity contribution in [1.29, 1.82) is 0 Å². The normalized spacial score (nSPS) is 13.4. The Kier molecular flexibility index (Phi) is 4.42. The van der Waals surface area contributed by atoms with Gasteiger partial charge in [0, 0.05) is 12.5 Å². The van der Waals surface area contributed by atoms with E-state index in [1.54, 1.807) is 0 Å². The molecule has 0 bridgehead atoms. The largest absolute Gasteiger partial charge is 0.439 e. The van der Waals surface area contributed by atoms with Gasteiger partial charge in [-0.1, -0.05) is 25.4 Å². The minimum absolute atomic E-state index is 0.252. The summed E-state index contributed by atoms with van der Waals surface area (Å²) in [7, 11) is 0. The fraction of sp³-hybridized carbons (Fsp3) is 0.500. The van der Waals surface area contributed by atoms with E-state index in [0.717, 1.165) is 6.42 Å². The predicted molar refractivity (Wildman–Crippen MR) is 74.7 cm³/mol. The lowest BCUT2D eigenvalue weighted by Crippen LogP contribution is -2.18. The maximum Gasteiger partial charge on any atom is 0.195 e. The van der Waals surface area contributed by atoms with Crippen molar-refractivity contribution in [1.82, 2.24) is 4.98 Å². The summed E-state index contributed by atoms with van der Waals surface area (Å²) in [4.78, 5) is 4.28. The predicted octanol–water partition coefficient (Wildman–Crippen LogP) is 3.78. The number of nitrogens with two attached hydrogens (primary N) is 1. The molecule has 1 atom stereocenters. The quantitative estimate of drug-likeness (QED) is 0.909. The van der Waals surface area contributed by atoms with E-state index in [0.29, 0.717) is 41.8 Å². The Balaban J connectivity index is 2.23. The maximum atomic E-state index is 13.2. The summed E-state index contributed by atoms with van der Waals surface area (Å²) in [5.74, 6) is 1.05. The third-order valence-corrected chi connectivity index (χ3v) is 3.34. The van der Waals surface area contributed by atoms with Crippen molar-refractivity contribution in [2.75, 3.05) is 6.54 Å². The smallest absolute Gasteiger partial charge is 0.195 e. The summed E-state index contributed by atoms with van der Waals surface area (Å²) < 4.78 is 18.8. The Labute approximate surface area is 116 Å². The standard InChI is InChI=1S/C14H18ClFN2O/c1-8(2)3-9(7-17)4-13-18-12-6-10(16)5-11(15)14(12)19-13/h5-6,8-9H,3-4,7,17H2,1-2H3. The molecular weight excluding hydrogens is 267 g/mol. The molecule has 1 heterocycles. The fourth-order valence-electron chi connectivity index (χ4n) is 2.27. The van der Waals surface area contributed by atoms with Crippen LogP contribution in [0, 0.1) is 17.7 Å². The molecule has 0 spiro atoms. The van der Waals surface area contributed by atoms with Crippen molar-refractivity contribution in [2.24, 2.45) is 17.6 Å². The summed E-state index contributed by atoms with van der Waals surface area (Å²) in [6, 6.07) is 2.56. The fourth-order valence-corrected chi connectivity index (χ4v) is 2.51. The Bertz CT molecular complexity index is 568. The number of oxazole rings is 1. The molecule has 1 aromatic heterocycles. The van der Waals surface area contributed by atoms with Gasteiger partial charge in [-0.15, -0.1) is 0 Å². The first-order valence-corrected chi connectivity index (χ1v) is 6.82. The maximum absolute atomic E-state index is 13.2. The van der Waals surface area contributed by atoms with E-state index >= 15 is 0 Å². The van der Waals surface area contributed by atoms with Crippen LogP contribution in [-0.2, 0) is 6.42 Å². The van der Waals surface area contributed by atoms with Gasteiger partial charge in [-0.05, 0) is 30.9 Å². The average Bonchev–Trinajstić information content (AvgIpc) is 2.70. The van der Waals surface area contributed by atoms with Crippen molar-refractivity contribution >= 4 is 22.7 Å². The summed E-state index contributed by atoms with van der Waals surface area (Å²) in [6.07, 6.45) is 1.67. The number of benzene rings is 1. The van der Waals surface area contributed by atoms with Gasteiger partial charge in [0.1, 0.15) is 11.3 Å². The van der Waals surface area contributed by atoms with Gasteiger partial charge < -0.3 is 10.2 Å². The van der Waals surface area contributed by atoms with Crippen LogP contribution in [0.5, 0.6) is 0 Å². The van der Waals surface area contributed by atoms with Crippen LogP contribution in [0.4, 0.5) is 4.39 Å². The molecule has 0 aliphatic heterocycles. The van der Waals surface area contributed by atoms with E-state index in [4.69, 9.17) is 21.8 Å². The monoisotopic (exact) mass is 284 g/mol. The van der Waals surface area contributed by atoms with Crippen LogP contribution in [0.25, 0.3) is 11.1 Å². The molecule has 0 saturated carbocycles. The van der Waals surface area contributed by atoms with Crippen molar-refractivity contribution in [3.8, 4) is 0 Å². The topological polar surface area (TPSA) is 52.0 Å². The number of nitrogens with zero attached hydrogens (tertiary/aromatic N) is 1. The van der Waals surface area contributed by atoms with Gasteiger partial charge in [-0.3, -0.25) is 0 Å². The van der Waals surface area contributed by atoms with Gasteiger partial charge in [-0.2, -0.15) is 0 Å². The molecule has 1 unspecified atom stereocenters. The van der Waals surface area contributed by atoms with E-state index in [1.165, 1.54) is 12.1 Å². The SMILES string of the molecule is CC(C)CC(CN)Cc1nc2cc(F)cc(Cl)c2o1. The second-order valence-corrected chi connectivity index (χ2v) is 5.69. The number of fused-ring (bicyclic) bond motifs is 1. The summed E-state index contributed by atoms with van der Waals surface area (Å²) in [5, 5.41) is 0.252. The molecule has 2 rings (SSSR count). The highest BCUT2D eigenvalue weighted by molar-refractivity contribution is 6.34. The van der Waals surface area contributed by atoms with Crippen molar-refractivity contribution in [3.63, 3.8) is 0 Å². The molecule has 0 radical (unpaired) electrons.